The van der Waals surface area contributed by atoms with Crippen LogP contribution in [0.15, 0.2) is 158 Å². The van der Waals surface area contributed by atoms with Gasteiger partial charge in [-0.3, -0.25) is 18.6 Å². The van der Waals surface area contributed by atoms with Gasteiger partial charge in [0, 0.05) is 12.8 Å². The van der Waals surface area contributed by atoms with Crippen LogP contribution in [-0.4, -0.2) is 74.3 Å². The van der Waals surface area contributed by atoms with Crippen LogP contribution >= 0.6 is 7.82 Å². The monoisotopic (exact) mass is 1110 g/mol. The van der Waals surface area contributed by atoms with E-state index in [-0.39, 0.29) is 37.9 Å². The quantitative estimate of drug-likeness (QED) is 0.0156. The first-order valence-electron chi connectivity index (χ1n) is 30.9. The maximum absolute atomic E-state index is 13.6. The maximum atomic E-state index is 13.6. The van der Waals surface area contributed by atoms with E-state index in [1.54, 1.807) is 0 Å². The Morgan fingerprint density at radius 1 is 0.468 bits per heavy atom. The molecule has 10 heteroatoms. The Morgan fingerprint density at radius 3 is 1.38 bits per heavy atom. The Labute approximate surface area is 484 Å². The normalized spacial score (nSPS) is 14.8. The lowest BCUT2D eigenvalue weighted by molar-refractivity contribution is -0.870. The van der Waals surface area contributed by atoms with Gasteiger partial charge in [0.05, 0.1) is 33.8 Å². The van der Waals surface area contributed by atoms with Crippen molar-refractivity contribution in [3.8, 4) is 0 Å². The Kier molecular flexibility index (Phi) is 53.7. The van der Waals surface area contributed by atoms with Crippen molar-refractivity contribution in [2.24, 2.45) is 0 Å². The van der Waals surface area contributed by atoms with Crippen LogP contribution in [0.5, 0.6) is 0 Å². The second-order valence-electron chi connectivity index (χ2n) is 21.3. The van der Waals surface area contributed by atoms with E-state index in [0.717, 1.165) is 109 Å². The van der Waals surface area contributed by atoms with Crippen LogP contribution in [0.4, 0.5) is 0 Å². The van der Waals surface area contributed by atoms with Crippen molar-refractivity contribution in [2.45, 2.75) is 226 Å². The number of amides is 1. The third-order valence-corrected chi connectivity index (χ3v) is 13.6. The predicted molar refractivity (Wildman–Crippen MR) is 341 cm³/mol. The Bertz CT molecular complexity index is 1910. The first-order chi connectivity index (χ1) is 38.4. The summed E-state index contributed by atoms with van der Waals surface area (Å²) < 4.78 is 30.6. The first kappa shape index (κ1) is 74.6. The number of unbranched alkanes of at least 4 members (excludes halogenated alkanes) is 18. The van der Waals surface area contributed by atoms with Crippen LogP contribution in [0.3, 0.4) is 0 Å². The third-order valence-electron chi connectivity index (χ3n) is 12.6. The zero-order chi connectivity index (χ0) is 57.9. The van der Waals surface area contributed by atoms with Gasteiger partial charge in [-0.15, -0.1) is 0 Å². The third kappa shape index (κ3) is 58.1. The van der Waals surface area contributed by atoms with Crippen LogP contribution in [-0.2, 0) is 27.9 Å². The molecule has 0 saturated carbocycles. The molecule has 9 nitrogen and oxygen atoms in total. The SMILES string of the molecule is CC\C=C/C=C/C=C/C=C\C=C\C=C\CCCCCC(=O)OC(/C=C\CCCCCCCCCCCCC)C(COP(=O)(O)OCC[N+](C)(C)C)NC(=O)CCCCCC/C=C\C/C=C\C/C=C\C/C=C\C/C=C\C/C=C\CC. The Balaban J connectivity index is 5.43. The molecule has 0 aliphatic heterocycles. The highest BCUT2D eigenvalue weighted by Gasteiger charge is 2.30. The molecule has 1 amide bonds. The molecular weight excluding hydrogens is 1000 g/mol. The fourth-order valence-corrected chi connectivity index (χ4v) is 8.65. The van der Waals surface area contributed by atoms with Gasteiger partial charge in [0.1, 0.15) is 19.3 Å². The topological polar surface area (TPSA) is 111 Å². The summed E-state index contributed by atoms with van der Waals surface area (Å²) in [5, 5.41) is 3.03. The van der Waals surface area contributed by atoms with Crippen molar-refractivity contribution in [3.63, 3.8) is 0 Å². The lowest BCUT2D eigenvalue weighted by Crippen LogP contribution is -2.47. The summed E-state index contributed by atoms with van der Waals surface area (Å²) in [6, 6.07) is -0.894. The second-order valence-corrected chi connectivity index (χ2v) is 22.7. The largest absolute Gasteiger partial charge is 0.472 e. The molecule has 0 saturated heterocycles. The average molecular weight is 1110 g/mol. The van der Waals surface area contributed by atoms with Gasteiger partial charge in [0.2, 0.25) is 5.91 Å². The van der Waals surface area contributed by atoms with Crippen LogP contribution in [0.1, 0.15) is 213 Å². The number of allylic oxidation sites excluding steroid dienone is 25. The van der Waals surface area contributed by atoms with Crippen molar-refractivity contribution >= 4 is 19.7 Å². The number of likely N-dealkylation sites (N-methyl/N-ethyl adjacent to an activating group) is 1. The van der Waals surface area contributed by atoms with Gasteiger partial charge < -0.3 is 19.4 Å². The fourth-order valence-electron chi connectivity index (χ4n) is 7.91. The molecule has 2 N–H and O–H groups in total. The number of quaternary nitrogens is 1. The maximum Gasteiger partial charge on any atom is 0.472 e. The Morgan fingerprint density at radius 2 is 0.873 bits per heavy atom. The lowest BCUT2D eigenvalue weighted by atomic mass is 10.0. The summed E-state index contributed by atoms with van der Waals surface area (Å²) in [4.78, 5) is 37.7. The van der Waals surface area contributed by atoms with Crippen molar-refractivity contribution in [2.75, 3.05) is 40.9 Å². The van der Waals surface area contributed by atoms with Crippen molar-refractivity contribution < 1.29 is 37.3 Å². The highest BCUT2D eigenvalue weighted by molar-refractivity contribution is 7.47. The highest BCUT2D eigenvalue weighted by Crippen LogP contribution is 2.43. The number of hydrogen-bond acceptors (Lipinski definition) is 6. The molecule has 0 aromatic heterocycles. The van der Waals surface area contributed by atoms with Crippen LogP contribution in [0.25, 0.3) is 0 Å². The summed E-state index contributed by atoms with van der Waals surface area (Å²) in [6.45, 7) is 6.67. The minimum atomic E-state index is -4.48. The van der Waals surface area contributed by atoms with E-state index >= 15 is 0 Å². The smallest absolute Gasteiger partial charge is 0.456 e. The zero-order valence-electron chi connectivity index (χ0n) is 50.8. The van der Waals surface area contributed by atoms with Crippen LogP contribution < -0.4 is 5.32 Å². The van der Waals surface area contributed by atoms with E-state index in [1.807, 2.05) is 94.1 Å². The summed E-state index contributed by atoms with van der Waals surface area (Å²) in [5.74, 6) is -0.600. The molecule has 0 rings (SSSR count). The molecule has 0 radical (unpaired) electrons. The summed E-state index contributed by atoms with van der Waals surface area (Å²) in [6.07, 6.45) is 83.8. The fraction of sp³-hybridized carbons (Fsp3) is 0.594. The number of phosphoric ester groups is 1. The second kappa shape index (κ2) is 56.9. The summed E-state index contributed by atoms with van der Waals surface area (Å²) in [5.41, 5.74) is 0. The molecule has 0 spiro atoms. The van der Waals surface area contributed by atoms with E-state index in [4.69, 9.17) is 13.8 Å². The number of hydrogen-bond donors (Lipinski definition) is 2. The first-order valence-corrected chi connectivity index (χ1v) is 32.4. The molecule has 0 aromatic rings. The highest BCUT2D eigenvalue weighted by atomic mass is 31.2. The van der Waals surface area contributed by atoms with Crippen molar-refractivity contribution in [1.82, 2.24) is 5.32 Å². The van der Waals surface area contributed by atoms with Gasteiger partial charge in [0.15, 0.2) is 0 Å². The van der Waals surface area contributed by atoms with Gasteiger partial charge in [-0.2, -0.15) is 0 Å². The van der Waals surface area contributed by atoms with Gasteiger partial charge in [-0.05, 0) is 102 Å². The molecule has 0 bridgehead atoms. The molecule has 446 valence electrons. The summed E-state index contributed by atoms with van der Waals surface area (Å²) >= 11 is 0. The number of nitrogens with zero attached hydrogens (tertiary/aromatic N) is 1. The molecule has 0 heterocycles. The van der Waals surface area contributed by atoms with Crippen molar-refractivity contribution in [3.05, 3.63) is 158 Å². The molecule has 3 unspecified atom stereocenters. The van der Waals surface area contributed by atoms with E-state index in [1.165, 1.54) is 57.8 Å². The Hall–Kier alpha value is -4.37. The molecule has 3 atom stereocenters. The van der Waals surface area contributed by atoms with E-state index in [0.29, 0.717) is 23.9 Å². The van der Waals surface area contributed by atoms with Crippen molar-refractivity contribution in [1.29, 1.82) is 0 Å². The number of carbonyl (C=O) groups excluding carboxylic acids is 2. The van der Waals surface area contributed by atoms with Gasteiger partial charge >= 0.3 is 13.8 Å². The molecule has 0 aliphatic rings. The van der Waals surface area contributed by atoms with Crippen LogP contribution in [0, 0.1) is 0 Å². The minimum absolute atomic E-state index is 0.0172. The molecule has 0 aliphatic carbocycles. The molecule has 0 fully saturated rings. The van der Waals surface area contributed by atoms with E-state index in [9.17, 15) is 19.0 Å². The number of rotatable bonds is 53. The standard InChI is InChI=1S/C69H113N2O7P/c1-7-10-13-16-19-22-25-28-30-32-33-34-35-36-37-39-40-43-46-49-52-55-58-61-68(72)70-66(65-77-79(74,75)76-64-63-71(4,5)6)67(60-57-54-51-48-45-42-27-24-21-18-15-12-9-3)78-69(73)62-59-56-53-50-47-44-41-38-31-29-26-23-20-17-14-11-8-2/h10-11,13-14,17,19-20,22-23,26,28-31,33-34,36-38,40-41,43-44,47,57,60,66-67H,7-9,12,15-16,18,21,24-25,27,32,35,39,42,45-46,48-56,58-59,61-65H2,1-6H3,(H-,70,72,74,75)/p+1/b13-10-,14-11-,20-17+,22-19-,26-23+,30-28-,31-29-,34-33-,37-36-,41-38+,43-40-,47-44+,60-57-. The number of phosphoric acid groups is 1. The average Bonchev–Trinajstić information content (AvgIpc) is 3.41. The number of esters is 1. The predicted octanol–water partition coefficient (Wildman–Crippen LogP) is 19.2. The van der Waals surface area contributed by atoms with Gasteiger partial charge in [0.25, 0.3) is 0 Å². The molecule has 0 aromatic carbocycles. The zero-order valence-corrected chi connectivity index (χ0v) is 51.7. The van der Waals surface area contributed by atoms with Crippen LogP contribution in [0.2, 0.25) is 0 Å². The number of nitrogens with one attached hydrogen (secondary N) is 1. The molecule has 79 heavy (non-hydrogen) atoms. The number of carbonyl (C=O) groups is 2. The van der Waals surface area contributed by atoms with Gasteiger partial charge in [-0.25, -0.2) is 4.57 Å². The molecular formula is C69H114N2O7P+. The van der Waals surface area contributed by atoms with Gasteiger partial charge in [-0.1, -0.05) is 256 Å². The minimum Gasteiger partial charge on any atom is -0.456 e. The van der Waals surface area contributed by atoms with E-state index < -0.39 is 20.0 Å². The van der Waals surface area contributed by atoms with E-state index in [2.05, 4.69) is 111 Å². The summed E-state index contributed by atoms with van der Waals surface area (Å²) in [7, 11) is 1.42. The number of ether oxygens (including phenoxy) is 1. The lowest BCUT2D eigenvalue weighted by Gasteiger charge is -2.27.